The third-order valence-electron chi connectivity index (χ3n) is 3.64. The monoisotopic (exact) mass is 340 g/mol. The van der Waals surface area contributed by atoms with E-state index in [-0.39, 0.29) is 31.2 Å². The maximum absolute atomic E-state index is 12.7. The van der Waals surface area contributed by atoms with Crippen LogP contribution in [0.2, 0.25) is 0 Å². The summed E-state index contributed by atoms with van der Waals surface area (Å²) in [5.74, 6) is -0.478. The Labute approximate surface area is 131 Å². The zero-order valence-electron chi connectivity index (χ0n) is 13.6. The smallest absolute Gasteiger partial charge is 0.331 e. The third kappa shape index (κ3) is 5.57. The molecule has 0 aromatic heterocycles. The second kappa shape index (κ2) is 8.20. The number of hydrogen-bond donors (Lipinski definition) is 4. The second-order valence-electron chi connectivity index (χ2n) is 6.47. The number of hydrogen-bond acceptors (Lipinski definition) is 7. The molecule has 0 heterocycles. The molecule has 1 aliphatic carbocycles. The second-order valence-corrected chi connectivity index (χ2v) is 8.56. The van der Waals surface area contributed by atoms with Gasteiger partial charge in [-0.25, -0.2) is 0 Å². The molecule has 1 saturated carbocycles. The van der Waals surface area contributed by atoms with E-state index in [1.165, 1.54) is 0 Å². The van der Waals surface area contributed by atoms with E-state index in [0.717, 1.165) is 0 Å². The van der Waals surface area contributed by atoms with Gasteiger partial charge < -0.3 is 29.5 Å². The van der Waals surface area contributed by atoms with Crippen molar-refractivity contribution >= 4 is 7.60 Å². The van der Waals surface area contributed by atoms with E-state index in [4.69, 9.17) is 9.05 Å². The molecule has 1 aliphatic rings. The molecule has 5 atom stereocenters. The van der Waals surface area contributed by atoms with Crippen LogP contribution in [-0.4, -0.2) is 63.2 Å². The van der Waals surface area contributed by atoms with E-state index < -0.39 is 37.9 Å². The van der Waals surface area contributed by atoms with Crippen LogP contribution < -0.4 is 0 Å². The fourth-order valence-corrected chi connectivity index (χ4v) is 4.88. The van der Waals surface area contributed by atoms with Gasteiger partial charge in [0.25, 0.3) is 0 Å². The van der Waals surface area contributed by atoms with Crippen LogP contribution in [0.5, 0.6) is 0 Å². The number of aliphatic hydroxyl groups excluding tert-OH is 4. The van der Waals surface area contributed by atoms with E-state index in [9.17, 15) is 25.0 Å². The van der Waals surface area contributed by atoms with Gasteiger partial charge >= 0.3 is 7.60 Å². The fraction of sp³-hybridized carbons (Fsp3) is 1.00. The lowest BCUT2D eigenvalue weighted by Gasteiger charge is -2.38. The minimum absolute atomic E-state index is 0.0840. The normalized spacial score (nSPS) is 33.6. The van der Waals surface area contributed by atoms with Crippen LogP contribution in [0.3, 0.4) is 0 Å². The molecule has 0 saturated heterocycles. The zero-order valence-corrected chi connectivity index (χ0v) is 14.5. The summed E-state index contributed by atoms with van der Waals surface area (Å²) in [6.45, 7) is 7.04. The highest BCUT2D eigenvalue weighted by atomic mass is 31.2. The van der Waals surface area contributed by atoms with Gasteiger partial charge in [0.15, 0.2) is 0 Å². The Kier molecular flexibility index (Phi) is 7.46. The molecule has 0 spiro atoms. The molecule has 0 amide bonds. The summed E-state index contributed by atoms with van der Waals surface area (Å²) in [4.78, 5) is 0. The Morgan fingerprint density at radius 2 is 1.45 bits per heavy atom. The first-order valence-corrected chi connectivity index (χ1v) is 9.46. The Morgan fingerprint density at radius 1 is 0.955 bits per heavy atom. The van der Waals surface area contributed by atoms with E-state index in [0.29, 0.717) is 0 Å². The van der Waals surface area contributed by atoms with Gasteiger partial charge in [-0.3, -0.25) is 4.57 Å². The van der Waals surface area contributed by atoms with Gasteiger partial charge in [0.05, 0.1) is 30.6 Å². The van der Waals surface area contributed by atoms with Crippen LogP contribution in [-0.2, 0) is 13.6 Å². The minimum atomic E-state index is -3.32. The average molecular weight is 340 g/mol. The summed E-state index contributed by atoms with van der Waals surface area (Å²) in [5, 5.41) is 38.9. The van der Waals surface area contributed by atoms with Gasteiger partial charge in [-0.2, -0.15) is 0 Å². The average Bonchev–Trinajstić information content (AvgIpc) is 2.37. The highest BCUT2D eigenvalue weighted by molar-refractivity contribution is 7.53. The van der Waals surface area contributed by atoms with Crippen molar-refractivity contribution in [2.45, 2.75) is 77.2 Å². The molecular formula is C14H29O7P. The van der Waals surface area contributed by atoms with E-state index in [2.05, 4.69) is 0 Å². The highest BCUT2D eigenvalue weighted by Crippen LogP contribution is 2.52. The lowest BCUT2D eigenvalue weighted by Crippen LogP contribution is -2.53. The Hall–Kier alpha value is -0.0100. The predicted molar refractivity (Wildman–Crippen MR) is 81.7 cm³/mol. The molecule has 132 valence electrons. The van der Waals surface area contributed by atoms with Crippen molar-refractivity contribution in [1.82, 2.24) is 0 Å². The SMILES string of the molecule is CC(C)OP(=O)(CC[C@H]1CC(O)[C@@H](O)[C@@H](O)[C@@H]1O)OC(C)C. The van der Waals surface area contributed by atoms with Gasteiger partial charge in [0.1, 0.15) is 12.2 Å². The van der Waals surface area contributed by atoms with Crippen LogP contribution in [0.1, 0.15) is 40.5 Å². The summed E-state index contributed by atoms with van der Waals surface area (Å²) in [6, 6.07) is 0. The van der Waals surface area contributed by atoms with Crippen LogP contribution >= 0.6 is 7.60 Å². The standard InChI is InChI=1S/C14H29O7P/c1-8(2)20-22(19,21-9(3)4)6-5-10-7-11(15)13(17)14(18)12(10)16/h8-18H,5-7H2,1-4H3/t10-,11?,12+,13+,14-/m0/s1. The van der Waals surface area contributed by atoms with Gasteiger partial charge in [0.2, 0.25) is 0 Å². The Balaban J connectivity index is 2.69. The van der Waals surface area contributed by atoms with Crippen molar-refractivity contribution in [2.24, 2.45) is 5.92 Å². The number of aliphatic hydroxyl groups is 4. The first kappa shape index (κ1) is 20.0. The summed E-state index contributed by atoms with van der Waals surface area (Å²) in [6.07, 6.45) is -5.12. The molecule has 1 fully saturated rings. The molecule has 0 aromatic rings. The maximum Gasteiger partial charge on any atom is 0.331 e. The molecule has 0 bridgehead atoms. The number of rotatable bonds is 7. The molecule has 4 N–H and O–H groups in total. The Morgan fingerprint density at radius 3 is 1.91 bits per heavy atom. The molecule has 1 unspecified atom stereocenters. The summed E-state index contributed by atoms with van der Waals surface area (Å²) in [7, 11) is -3.32. The van der Waals surface area contributed by atoms with Gasteiger partial charge in [-0.15, -0.1) is 0 Å². The summed E-state index contributed by atoms with van der Waals surface area (Å²) < 4.78 is 23.6. The largest absolute Gasteiger partial charge is 0.390 e. The first-order valence-electron chi connectivity index (χ1n) is 7.74. The quantitative estimate of drug-likeness (QED) is 0.508. The molecular weight excluding hydrogens is 311 g/mol. The fourth-order valence-electron chi connectivity index (χ4n) is 2.68. The van der Waals surface area contributed by atoms with Crippen LogP contribution in [0.15, 0.2) is 0 Å². The topological polar surface area (TPSA) is 116 Å². The highest BCUT2D eigenvalue weighted by Gasteiger charge is 2.42. The minimum Gasteiger partial charge on any atom is -0.390 e. The van der Waals surface area contributed by atoms with Gasteiger partial charge in [-0.1, -0.05) is 0 Å². The molecule has 8 heteroatoms. The summed E-state index contributed by atoms with van der Waals surface area (Å²) in [5.41, 5.74) is 0. The predicted octanol–water partition coefficient (Wildman–Crippen LogP) is 0.883. The Bertz CT molecular complexity index is 373. The molecule has 0 aromatic carbocycles. The third-order valence-corrected chi connectivity index (χ3v) is 5.93. The summed E-state index contributed by atoms with van der Waals surface area (Å²) >= 11 is 0. The molecule has 0 radical (unpaired) electrons. The van der Waals surface area contributed by atoms with E-state index >= 15 is 0 Å². The van der Waals surface area contributed by atoms with Crippen molar-refractivity contribution in [3.8, 4) is 0 Å². The molecule has 1 rings (SSSR count). The van der Waals surface area contributed by atoms with Crippen molar-refractivity contribution in [1.29, 1.82) is 0 Å². The first-order chi connectivity index (χ1) is 10.1. The van der Waals surface area contributed by atoms with Crippen LogP contribution in [0, 0.1) is 5.92 Å². The lowest BCUT2D eigenvalue weighted by atomic mass is 9.79. The molecule has 22 heavy (non-hydrogen) atoms. The lowest BCUT2D eigenvalue weighted by molar-refractivity contribution is -0.157. The van der Waals surface area contributed by atoms with Crippen molar-refractivity contribution < 1.29 is 34.0 Å². The maximum atomic E-state index is 12.7. The van der Waals surface area contributed by atoms with Gasteiger partial charge in [-0.05, 0) is 46.5 Å². The molecule has 0 aliphatic heterocycles. The van der Waals surface area contributed by atoms with Crippen molar-refractivity contribution in [2.75, 3.05) is 6.16 Å². The van der Waals surface area contributed by atoms with Crippen molar-refractivity contribution in [3.05, 3.63) is 0 Å². The van der Waals surface area contributed by atoms with E-state index in [1.54, 1.807) is 27.7 Å². The van der Waals surface area contributed by atoms with Crippen LogP contribution in [0.25, 0.3) is 0 Å². The zero-order chi connectivity index (χ0) is 17.1. The van der Waals surface area contributed by atoms with Crippen molar-refractivity contribution in [3.63, 3.8) is 0 Å². The van der Waals surface area contributed by atoms with E-state index in [1.807, 2.05) is 0 Å². The molecule has 7 nitrogen and oxygen atoms in total. The van der Waals surface area contributed by atoms with Crippen LogP contribution in [0.4, 0.5) is 0 Å². The van der Waals surface area contributed by atoms with Gasteiger partial charge in [0, 0.05) is 0 Å².